The Morgan fingerprint density at radius 1 is 1.29 bits per heavy atom. The summed E-state index contributed by atoms with van der Waals surface area (Å²) in [5.41, 5.74) is 4.18. The third-order valence-electron chi connectivity index (χ3n) is 1.96. The first-order valence-corrected chi connectivity index (χ1v) is 5.01. The van der Waals surface area contributed by atoms with E-state index in [1.165, 1.54) is 0 Å². The largest absolute Gasteiger partial charge is 0.288 e. The highest BCUT2D eigenvalue weighted by molar-refractivity contribution is 9.10. The van der Waals surface area contributed by atoms with Gasteiger partial charge in [0, 0.05) is 10.0 Å². The number of halogens is 1. The molecule has 0 N–H and O–H groups in total. The number of allylic oxidation sites excluding steroid dienone is 3. The summed E-state index contributed by atoms with van der Waals surface area (Å²) in [7, 11) is 0. The summed E-state index contributed by atoms with van der Waals surface area (Å²) in [6.07, 6.45) is 5.32. The second kappa shape index (κ2) is 3.79. The average molecular weight is 247 g/mol. The van der Waals surface area contributed by atoms with Crippen molar-refractivity contribution in [3.63, 3.8) is 0 Å². The van der Waals surface area contributed by atoms with Crippen molar-refractivity contribution in [2.75, 3.05) is 0 Å². The standard InChI is InChI=1S/C12H7BrO/c13-11-8-4-3-7-10(11)12(14)9-5-1-2-6-9/h1-5,7-8H. The number of carbonyl (C=O) groups is 1. The van der Waals surface area contributed by atoms with Gasteiger partial charge in [-0.25, -0.2) is 0 Å². The van der Waals surface area contributed by atoms with Crippen LogP contribution in [0.3, 0.4) is 0 Å². The van der Waals surface area contributed by atoms with Crippen molar-refractivity contribution in [2.45, 2.75) is 0 Å². The fourth-order valence-electron chi connectivity index (χ4n) is 1.26. The Balaban J connectivity index is 2.42. The quantitative estimate of drug-likeness (QED) is 0.579. The first kappa shape index (κ1) is 9.20. The second-order valence-corrected chi connectivity index (χ2v) is 3.75. The molecular formula is C12H7BrO. The van der Waals surface area contributed by atoms with Gasteiger partial charge in [0.25, 0.3) is 0 Å². The van der Waals surface area contributed by atoms with E-state index in [1.54, 1.807) is 18.2 Å². The van der Waals surface area contributed by atoms with Gasteiger partial charge in [-0.15, -0.1) is 5.73 Å². The molecule has 0 unspecified atom stereocenters. The lowest BCUT2D eigenvalue weighted by atomic mass is 10.1. The summed E-state index contributed by atoms with van der Waals surface area (Å²) < 4.78 is 0.819. The molecule has 0 fully saturated rings. The van der Waals surface area contributed by atoms with Crippen LogP contribution in [-0.2, 0) is 0 Å². The lowest BCUT2D eigenvalue weighted by Gasteiger charge is -2.00. The Bertz CT molecular complexity index is 477. The van der Waals surface area contributed by atoms with E-state index in [9.17, 15) is 4.79 Å². The van der Waals surface area contributed by atoms with Crippen LogP contribution >= 0.6 is 15.9 Å². The lowest BCUT2D eigenvalue weighted by Crippen LogP contribution is -2.00. The third kappa shape index (κ3) is 1.63. The van der Waals surface area contributed by atoms with Crippen molar-refractivity contribution >= 4 is 21.7 Å². The Morgan fingerprint density at radius 2 is 2.07 bits per heavy atom. The zero-order chi connectivity index (χ0) is 9.97. The van der Waals surface area contributed by atoms with E-state index in [-0.39, 0.29) is 5.78 Å². The van der Waals surface area contributed by atoms with Crippen LogP contribution in [0.4, 0.5) is 0 Å². The number of hydrogen-bond donors (Lipinski definition) is 0. The highest BCUT2D eigenvalue weighted by Gasteiger charge is 2.12. The molecule has 0 spiro atoms. The summed E-state index contributed by atoms with van der Waals surface area (Å²) in [5.74, 6) is 0.00229. The van der Waals surface area contributed by atoms with Gasteiger partial charge in [-0.1, -0.05) is 34.1 Å². The number of benzene rings is 1. The number of hydrogen-bond acceptors (Lipinski definition) is 1. The molecule has 0 radical (unpaired) electrons. The number of Topliss-reactive ketones (excluding diaryl/α,β-unsaturated/α-hetero) is 1. The van der Waals surface area contributed by atoms with Gasteiger partial charge in [0.1, 0.15) is 0 Å². The smallest absolute Gasteiger partial charge is 0.201 e. The monoisotopic (exact) mass is 246 g/mol. The maximum atomic E-state index is 11.9. The average Bonchev–Trinajstić information content (AvgIpc) is 2.70. The van der Waals surface area contributed by atoms with Crippen molar-refractivity contribution < 1.29 is 4.79 Å². The van der Waals surface area contributed by atoms with E-state index in [0.29, 0.717) is 11.1 Å². The minimum absolute atomic E-state index is 0.00229. The van der Waals surface area contributed by atoms with Crippen molar-refractivity contribution in [1.29, 1.82) is 0 Å². The minimum atomic E-state index is 0.00229. The summed E-state index contributed by atoms with van der Waals surface area (Å²) in [5, 5.41) is 0. The van der Waals surface area contributed by atoms with Crippen LogP contribution in [0.15, 0.2) is 58.3 Å². The Hall–Kier alpha value is -1.37. The van der Waals surface area contributed by atoms with Gasteiger partial charge in [0.05, 0.1) is 5.57 Å². The number of rotatable bonds is 2. The topological polar surface area (TPSA) is 17.1 Å². The first-order chi connectivity index (χ1) is 6.79. The van der Waals surface area contributed by atoms with Crippen molar-refractivity contribution in [3.05, 3.63) is 63.8 Å². The molecule has 1 aliphatic carbocycles. The van der Waals surface area contributed by atoms with Gasteiger partial charge >= 0.3 is 0 Å². The lowest BCUT2D eigenvalue weighted by molar-refractivity contribution is 0.103. The van der Waals surface area contributed by atoms with Gasteiger partial charge in [-0.3, -0.25) is 4.79 Å². The Labute approximate surface area is 90.6 Å². The second-order valence-electron chi connectivity index (χ2n) is 2.89. The van der Waals surface area contributed by atoms with Crippen molar-refractivity contribution in [1.82, 2.24) is 0 Å². The van der Waals surface area contributed by atoms with Crippen LogP contribution in [0, 0.1) is 0 Å². The van der Waals surface area contributed by atoms with Crippen LogP contribution in [0.25, 0.3) is 0 Å². The molecular weight excluding hydrogens is 240 g/mol. The molecule has 14 heavy (non-hydrogen) atoms. The summed E-state index contributed by atoms with van der Waals surface area (Å²) in [6.45, 7) is 0. The van der Waals surface area contributed by atoms with E-state index in [1.807, 2.05) is 24.3 Å². The molecule has 0 amide bonds. The molecule has 0 heterocycles. The molecule has 2 rings (SSSR count). The van der Waals surface area contributed by atoms with Gasteiger partial charge in [-0.05, 0) is 24.3 Å². The summed E-state index contributed by atoms with van der Waals surface area (Å²) >= 11 is 3.35. The number of ketones is 1. The van der Waals surface area contributed by atoms with Crippen LogP contribution in [-0.4, -0.2) is 5.78 Å². The fourth-order valence-corrected chi connectivity index (χ4v) is 1.73. The Morgan fingerprint density at radius 3 is 2.71 bits per heavy atom. The van der Waals surface area contributed by atoms with E-state index in [4.69, 9.17) is 0 Å². The molecule has 1 nitrogen and oxygen atoms in total. The van der Waals surface area contributed by atoms with E-state index in [2.05, 4.69) is 21.7 Å². The molecule has 0 aromatic heterocycles. The third-order valence-corrected chi connectivity index (χ3v) is 2.65. The molecule has 0 saturated heterocycles. The predicted molar refractivity (Wildman–Crippen MR) is 59.2 cm³/mol. The van der Waals surface area contributed by atoms with E-state index < -0.39 is 0 Å². The van der Waals surface area contributed by atoms with Gasteiger partial charge < -0.3 is 0 Å². The molecule has 1 aliphatic rings. The molecule has 0 saturated carbocycles. The van der Waals surface area contributed by atoms with Crippen LogP contribution in [0.5, 0.6) is 0 Å². The molecule has 0 atom stereocenters. The highest BCUT2D eigenvalue weighted by Crippen LogP contribution is 2.20. The highest BCUT2D eigenvalue weighted by atomic mass is 79.9. The SMILES string of the molecule is O=C(C1=C=CC=C1)c1ccccc1Br. The summed E-state index contributed by atoms with van der Waals surface area (Å²) in [4.78, 5) is 11.9. The van der Waals surface area contributed by atoms with Crippen LogP contribution in [0.1, 0.15) is 10.4 Å². The molecule has 1 aromatic rings. The molecule has 0 bridgehead atoms. The first-order valence-electron chi connectivity index (χ1n) is 4.21. The van der Waals surface area contributed by atoms with Gasteiger partial charge in [0.15, 0.2) is 0 Å². The summed E-state index contributed by atoms with van der Waals surface area (Å²) in [6, 6.07) is 7.39. The molecule has 1 aromatic carbocycles. The van der Waals surface area contributed by atoms with Crippen molar-refractivity contribution in [2.24, 2.45) is 0 Å². The number of carbonyl (C=O) groups excluding carboxylic acids is 1. The zero-order valence-electron chi connectivity index (χ0n) is 7.33. The Kier molecular flexibility index (Phi) is 2.49. The fraction of sp³-hybridized carbons (Fsp3) is 0. The van der Waals surface area contributed by atoms with Crippen molar-refractivity contribution in [3.8, 4) is 0 Å². The maximum absolute atomic E-state index is 11.9. The molecule has 0 aliphatic heterocycles. The molecule has 68 valence electrons. The minimum Gasteiger partial charge on any atom is -0.288 e. The normalized spacial score (nSPS) is 13.1. The van der Waals surface area contributed by atoms with E-state index >= 15 is 0 Å². The zero-order valence-corrected chi connectivity index (χ0v) is 8.91. The van der Waals surface area contributed by atoms with Gasteiger partial charge in [-0.2, -0.15) is 0 Å². The molecule has 2 heteroatoms. The van der Waals surface area contributed by atoms with Crippen LogP contribution in [0.2, 0.25) is 0 Å². The van der Waals surface area contributed by atoms with E-state index in [0.717, 1.165) is 4.47 Å². The van der Waals surface area contributed by atoms with Crippen LogP contribution < -0.4 is 0 Å². The maximum Gasteiger partial charge on any atom is 0.201 e. The van der Waals surface area contributed by atoms with Gasteiger partial charge in [0.2, 0.25) is 5.78 Å². The predicted octanol–water partition coefficient (Wildman–Crippen LogP) is 3.28.